The molecule has 16 heavy (non-hydrogen) atoms. The Labute approximate surface area is 95.1 Å². The second-order valence-corrected chi connectivity index (χ2v) is 4.20. The van der Waals surface area contributed by atoms with Gasteiger partial charge in [0.05, 0.1) is 0 Å². The molecule has 2 N–H and O–H groups in total. The number of rotatable bonds is 4. The predicted molar refractivity (Wildman–Crippen MR) is 64.3 cm³/mol. The number of likely N-dealkylation sites (N-methyl/N-ethyl adjacent to an activating group) is 1. The van der Waals surface area contributed by atoms with Gasteiger partial charge in [0.15, 0.2) is 0 Å². The minimum Gasteiger partial charge on any atom is -0.458 e. The van der Waals surface area contributed by atoms with Crippen LogP contribution in [0.25, 0.3) is 11.0 Å². The molecule has 0 fully saturated rings. The first-order valence-corrected chi connectivity index (χ1v) is 5.55. The highest BCUT2D eigenvalue weighted by Crippen LogP contribution is 2.27. The molecule has 0 aliphatic carbocycles. The highest BCUT2D eigenvalue weighted by molar-refractivity contribution is 5.77. The lowest BCUT2D eigenvalue weighted by molar-refractivity contribution is 0.0364. The number of benzene rings is 1. The molecule has 1 aromatic heterocycles. The summed E-state index contributed by atoms with van der Waals surface area (Å²) in [5.74, 6) is 0.606. The van der Waals surface area contributed by atoms with Crippen LogP contribution in [0.4, 0.5) is 0 Å². The van der Waals surface area contributed by atoms with Crippen LogP contribution in [0.15, 0.2) is 34.7 Å². The van der Waals surface area contributed by atoms with Crippen molar-refractivity contribution in [1.29, 1.82) is 0 Å². The Balaban J connectivity index is 2.31. The van der Waals surface area contributed by atoms with Crippen molar-refractivity contribution in [2.24, 2.45) is 0 Å². The summed E-state index contributed by atoms with van der Waals surface area (Å²) in [6.07, 6.45) is 0. The van der Waals surface area contributed by atoms with Crippen molar-refractivity contribution in [3.05, 3.63) is 36.1 Å². The molecule has 0 saturated carbocycles. The molecule has 3 heteroatoms. The summed E-state index contributed by atoms with van der Waals surface area (Å²) < 4.78 is 5.64. The number of fused-ring (bicyclic) bond motifs is 1. The fourth-order valence-electron chi connectivity index (χ4n) is 1.70. The van der Waals surface area contributed by atoms with E-state index in [9.17, 15) is 5.11 Å². The molecule has 1 atom stereocenters. The average Bonchev–Trinajstić information content (AvgIpc) is 2.71. The normalized spacial score (nSPS) is 15.2. The van der Waals surface area contributed by atoms with Crippen LogP contribution in [0.3, 0.4) is 0 Å². The van der Waals surface area contributed by atoms with Crippen molar-refractivity contribution < 1.29 is 9.52 Å². The second-order valence-electron chi connectivity index (χ2n) is 4.20. The van der Waals surface area contributed by atoms with Crippen LogP contribution < -0.4 is 5.32 Å². The number of para-hydroxylation sites is 1. The van der Waals surface area contributed by atoms with Crippen molar-refractivity contribution >= 4 is 11.0 Å². The number of hydrogen-bond donors (Lipinski definition) is 2. The Hall–Kier alpha value is -1.32. The van der Waals surface area contributed by atoms with Crippen LogP contribution in [0.2, 0.25) is 0 Å². The highest BCUT2D eigenvalue weighted by atomic mass is 16.4. The van der Waals surface area contributed by atoms with E-state index in [1.807, 2.05) is 37.3 Å². The third-order valence-electron chi connectivity index (χ3n) is 2.68. The summed E-state index contributed by atoms with van der Waals surface area (Å²) in [5.41, 5.74) is -0.149. The van der Waals surface area contributed by atoms with E-state index in [0.717, 1.165) is 17.5 Å². The zero-order chi connectivity index (χ0) is 11.6. The van der Waals surface area contributed by atoms with Gasteiger partial charge in [-0.2, -0.15) is 0 Å². The van der Waals surface area contributed by atoms with Crippen LogP contribution in [-0.4, -0.2) is 18.2 Å². The molecule has 86 valence electrons. The number of nitrogens with one attached hydrogen (secondary N) is 1. The molecule has 0 spiro atoms. The SMILES string of the molecule is CCNCC(C)(O)c1cc2ccccc2o1. The standard InChI is InChI=1S/C13H17NO2/c1-3-14-9-13(2,15)12-8-10-6-4-5-7-11(10)16-12/h4-8,14-15H,3,9H2,1-2H3. The summed E-state index contributed by atoms with van der Waals surface area (Å²) in [4.78, 5) is 0. The van der Waals surface area contributed by atoms with Crippen LogP contribution >= 0.6 is 0 Å². The average molecular weight is 219 g/mol. The van der Waals surface area contributed by atoms with E-state index in [-0.39, 0.29) is 0 Å². The third-order valence-corrected chi connectivity index (χ3v) is 2.68. The van der Waals surface area contributed by atoms with E-state index in [2.05, 4.69) is 5.32 Å². The first-order chi connectivity index (χ1) is 7.63. The lowest BCUT2D eigenvalue weighted by atomic mass is 10.0. The molecule has 0 amide bonds. The van der Waals surface area contributed by atoms with Crippen LogP contribution in [0, 0.1) is 0 Å². The third kappa shape index (κ3) is 2.10. The molecule has 0 bridgehead atoms. The minimum absolute atomic E-state index is 0.489. The Morgan fingerprint density at radius 2 is 2.12 bits per heavy atom. The first kappa shape index (κ1) is 11.2. The van der Waals surface area contributed by atoms with Crippen molar-refractivity contribution in [2.45, 2.75) is 19.4 Å². The molecular weight excluding hydrogens is 202 g/mol. The van der Waals surface area contributed by atoms with Gasteiger partial charge in [-0.15, -0.1) is 0 Å². The summed E-state index contributed by atoms with van der Waals surface area (Å²) in [5, 5.41) is 14.4. The Morgan fingerprint density at radius 3 is 2.81 bits per heavy atom. The van der Waals surface area contributed by atoms with Crippen molar-refractivity contribution in [3.63, 3.8) is 0 Å². The molecule has 0 saturated heterocycles. The molecule has 0 aliphatic heterocycles. The molecule has 3 nitrogen and oxygen atoms in total. The van der Waals surface area contributed by atoms with E-state index in [1.54, 1.807) is 6.92 Å². The summed E-state index contributed by atoms with van der Waals surface area (Å²) >= 11 is 0. The summed E-state index contributed by atoms with van der Waals surface area (Å²) in [6, 6.07) is 9.66. The fraction of sp³-hybridized carbons (Fsp3) is 0.385. The molecule has 2 aromatic rings. The maximum absolute atomic E-state index is 10.3. The van der Waals surface area contributed by atoms with E-state index < -0.39 is 5.60 Å². The largest absolute Gasteiger partial charge is 0.458 e. The Bertz CT molecular complexity index is 440. The zero-order valence-electron chi connectivity index (χ0n) is 9.66. The molecule has 0 radical (unpaired) electrons. The van der Waals surface area contributed by atoms with Gasteiger partial charge in [0.25, 0.3) is 0 Å². The minimum atomic E-state index is -0.963. The van der Waals surface area contributed by atoms with E-state index in [4.69, 9.17) is 4.42 Å². The lowest BCUT2D eigenvalue weighted by Gasteiger charge is -2.20. The summed E-state index contributed by atoms with van der Waals surface area (Å²) in [7, 11) is 0. The Morgan fingerprint density at radius 1 is 1.38 bits per heavy atom. The van der Waals surface area contributed by atoms with E-state index in [1.165, 1.54) is 0 Å². The van der Waals surface area contributed by atoms with Crippen LogP contribution in [0.5, 0.6) is 0 Å². The smallest absolute Gasteiger partial charge is 0.137 e. The van der Waals surface area contributed by atoms with Gasteiger partial charge < -0.3 is 14.8 Å². The number of furan rings is 1. The van der Waals surface area contributed by atoms with E-state index >= 15 is 0 Å². The van der Waals surface area contributed by atoms with Crippen molar-refractivity contribution in [2.75, 3.05) is 13.1 Å². The second kappa shape index (κ2) is 4.28. The molecule has 1 unspecified atom stereocenters. The van der Waals surface area contributed by atoms with Crippen molar-refractivity contribution in [1.82, 2.24) is 5.32 Å². The maximum atomic E-state index is 10.3. The van der Waals surface area contributed by atoms with Crippen LogP contribution in [-0.2, 0) is 5.60 Å². The maximum Gasteiger partial charge on any atom is 0.137 e. The summed E-state index contributed by atoms with van der Waals surface area (Å²) in [6.45, 7) is 5.09. The van der Waals surface area contributed by atoms with Gasteiger partial charge in [-0.1, -0.05) is 25.1 Å². The number of aliphatic hydroxyl groups is 1. The van der Waals surface area contributed by atoms with Crippen molar-refractivity contribution in [3.8, 4) is 0 Å². The van der Waals surface area contributed by atoms with Gasteiger partial charge in [-0.05, 0) is 25.6 Å². The highest BCUT2D eigenvalue weighted by Gasteiger charge is 2.26. The predicted octanol–water partition coefficient (Wildman–Crippen LogP) is 2.25. The van der Waals surface area contributed by atoms with Gasteiger partial charge >= 0.3 is 0 Å². The van der Waals surface area contributed by atoms with Gasteiger partial charge in [0, 0.05) is 11.9 Å². The van der Waals surface area contributed by atoms with Gasteiger partial charge in [-0.25, -0.2) is 0 Å². The molecule has 1 heterocycles. The van der Waals surface area contributed by atoms with Crippen LogP contribution in [0.1, 0.15) is 19.6 Å². The number of hydrogen-bond acceptors (Lipinski definition) is 3. The topological polar surface area (TPSA) is 45.4 Å². The van der Waals surface area contributed by atoms with Gasteiger partial charge in [-0.3, -0.25) is 0 Å². The van der Waals surface area contributed by atoms with E-state index in [0.29, 0.717) is 12.3 Å². The molecule has 1 aromatic carbocycles. The van der Waals surface area contributed by atoms with Gasteiger partial charge in [0.1, 0.15) is 16.9 Å². The lowest BCUT2D eigenvalue weighted by Crippen LogP contribution is -2.34. The molecule has 2 rings (SSSR count). The molecular formula is C13H17NO2. The fourth-order valence-corrected chi connectivity index (χ4v) is 1.70. The van der Waals surface area contributed by atoms with Gasteiger partial charge in [0.2, 0.25) is 0 Å². The first-order valence-electron chi connectivity index (χ1n) is 5.55. The Kier molecular flexibility index (Phi) is 2.99. The monoisotopic (exact) mass is 219 g/mol. The zero-order valence-corrected chi connectivity index (χ0v) is 9.66. The molecule has 0 aliphatic rings. The quantitative estimate of drug-likeness (QED) is 0.829.